The molecule has 1 aliphatic rings. The number of aliphatic hydroxyl groups is 4. The molecule has 0 aromatic heterocycles. The van der Waals surface area contributed by atoms with Crippen LogP contribution in [-0.4, -0.2) is 82.0 Å². The highest BCUT2D eigenvalue weighted by Crippen LogP contribution is 2.22. The molecule has 9 heteroatoms. The lowest BCUT2D eigenvalue weighted by Gasteiger charge is -2.39. The molecule has 150 valence electrons. The first-order valence-corrected chi connectivity index (χ1v) is 8.37. The zero-order valence-corrected chi connectivity index (χ0v) is 14.8. The minimum absolute atomic E-state index is 0.00865. The average molecular weight is 384 g/mol. The van der Waals surface area contributed by atoms with Crippen molar-refractivity contribution in [3.05, 3.63) is 41.5 Å². The number of hydrogen-bond donors (Lipinski definition) is 5. The highest BCUT2D eigenvalue weighted by molar-refractivity contribution is 5.89. The summed E-state index contributed by atoms with van der Waals surface area (Å²) in [6.07, 6.45) is -5.07. The molecule has 1 saturated heterocycles. The van der Waals surface area contributed by atoms with E-state index in [1.165, 1.54) is 24.3 Å². The van der Waals surface area contributed by atoms with Gasteiger partial charge in [-0.15, -0.1) is 0 Å². The Morgan fingerprint density at radius 1 is 1.15 bits per heavy atom. The second-order valence-corrected chi connectivity index (χ2v) is 6.20. The fourth-order valence-corrected chi connectivity index (χ4v) is 2.41. The smallest absolute Gasteiger partial charge is 0.338 e. The van der Waals surface area contributed by atoms with Gasteiger partial charge in [0.15, 0.2) is 6.29 Å². The molecular formula is C18H24O9. The van der Waals surface area contributed by atoms with Crippen LogP contribution < -0.4 is 0 Å². The monoisotopic (exact) mass is 384 g/mol. The number of benzene rings is 1. The third kappa shape index (κ3) is 5.73. The maximum Gasteiger partial charge on any atom is 0.338 e. The van der Waals surface area contributed by atoms with Crippen molar-refractivity contribution in [3.63, 3.8) is 0 Å². The molecule has 0 radical (unpaired) electrons. The highest BCUT2D eigenvalue weighted by Gasteiger charge is 2.43. The number of hydrogen-bond acceptors (Lipinski definition) is 9. The van der Waals surface area contributed by atoms with Gasteiger partial charge in [0, 0.05) is 0 Å². The van der Waals surface area contributed by atoms with Gasteiger partial charge < -0.3 is 39.7 Å². The maximum absolute atomic E-state index is 11.9. The first kappa shape index (κ1) is 21.3. The van der Waals surface area contributed by atoms with E-state index < -0.39 is 43.3 Å². The van der Waals surface area contributed by atoms with Gasteiger partial charge >= 0.3 is 5.97 Å². The van der Waals surface area contributed by atoms with Crippen LogP contribution in [-0.2, 0) is 14.2 Å². The molecule has 9 nitrogen and oxygen atoms in total. The minimum Gasteiger partial charge on any atom is -0.508 e. The Bertz CT molecular complexity index is 641. The van der Waals surface area contributed by atoms with E-state index in [0.717, 1.165) is 0 Å². The molecule has 0 aliphatic carbocycles. The van der Waals surface area contributed by atoms with E-state index in [1.54, 1.807) is 13.0 Å². The van der Waals surface area contributed by atoms with E-state index in [4.69, 9.17) is 19.3 Å². The third-order valence-corrected chi connectivity index (χ3v) is 4.07. The third-order valence-electron chi connectivity index (χ3n) is 4.07. The summed E-state index contributed by atoms with van der Waals surface area (Å²) in [5, 5.41) is 47.6. The highest BCUT2D eigenvalue weighted by atomic mass is 16.7. The Labute approximate surface area is 156 Å². The predicted octanol–water partition coefficient (Wildman–Crippen LogP) is -0.688. The first-order chi connectivity index (χ1) is 12.8. The number of carbonyl (C=O) groups is 1. The van der Waals surface area contributed by atoms with Gasteiger partial charge in [-0.1, -0.05) is 6.08 Å². The normalized spacial score (nSPS) is 28.8. The summed E-state index contributed by atoms with van der Waals surface area (Å²) in [7, 11) is 0. The van der Waals surface area contributed by atoms with Crippen LogP contribution in [0.5, 0.6) is 5.75 Å². The van der Waals surface area contributed by atoms with Gasteiger partial charge in [-0.05, 0) is 36.8 Å². The molecule has 2 rings (SSSR count). The summed E-state index contributed by atoms with van der Waals surface area (Å²) in [5.74, 6) is -0.495. The molecule has 0 unspecified atom stereocenters. The fourth-order valence-electron chi connectivity index (χ4n) is 2.41. The van der Waals surface area contributed by atoms with Crippen molar-refractivity contribution >= 4 is 5.97 Å². The Balaban J connectivity index is 1.79. The van der Waals surface area contributed by atoms with Gasteiger partial charge in [0.1, 0.15) is 36.8 Å². The van der Waals surface area contributed by atoms with Crippen molar-refractivity contribution in [3.8, 4) is 5.75 Å². The molecule has 1 aliphatic heterocycles. The van der Waals surface area contributed by atoms with Crippen LogP contribution in [0.25, 0.3) is 0 Å². The van der Waals surface area contributed by atoms with Gasteiger partial charge in [-0.3, -0.25) is 0 Å². The van der Waals surface area contributed by atoms with E-state index in [2.05, 4.69) is 0 Å². The molecular weight excluding hydrogens is 360 g/mol. The van der Waals surface area contributed by atoms with Crippen LogP contribution in [0.15, 0.2) is 35.9 Å². The number of esters is 1. The van der Waals surface area contributed by atoms with Crippen LogP contribution in [0.4, 0.5) is 0 Å². The Kier molecular flexibility index (Phi) is 7.72. The lowest BCUT2D eigenvalue weighted by molar-refractivity contribution is -0.298. The molecule has 1 heterocycles. The summed E-state index contributed by atoms with van der Waals surface area (Å²) in [6, 6.07) is 5.65. The van der Waals surface area contributed by atoms with Gasteiger partial charge in [0.2, 0.25) is 0 Å². The van der Waals surface area contributed by atoms with E-state index in [-0.39, 0.29) is 19.0 Å². The van der Waals surface area contributed by atoms with E-state index in [1.807, 2.05) is 0 Å². The molecule has 0 amide bonds. The topological polar surface area (TPSA) is 146 Å². The second kappa shape index (κ2) is 9.79. The summed E-state index contributed by atoms with van der Waals surface area (Å²) < 4.78 is 15.7. The first-order valence-electron chi connectivity index (χ1n) is 8.37. The lowest BCUT2D eigenvalue weighted by atomic mass is 9.99. The minimum atomic E-state index is -1.50. The number of aliphatic hydroxyl groups excluding tert-OH is 4. The van der Waals surface area contributed by atoms with Crippen LogP contribution in [0.3, 0.4) is 0 Å². The number of aromatic hydroxyl groups is 1. The van der Waals surface area contributed by atoms with Gasteiger partial charge in [-0.25, -0.2) is 4.79 Å². The van der Waals surface area contributed by atoms with Crippen LogP contribution in [0, 0.1) is 0 Å². The molecule has 5 N–H and O–H groups in total. The lowest BCUT2D eigenvalue weighted by Crippen LogP contribution is -2.59. The molecule has 0 saturated carbocycles. The van der Waals surface area contributed by atoms with E-state index in [0.29, 0.717) is 11.1 Å². The summed E-state index contributed by atoms with van der Waals surface area (Å²) in [5.41, 5.74) is 0.977. The summed E-state index contributed by atoms with van der Waals surface area (Å²) in [4.78, 5) is 11.9. The van der Waals surface area contributed by atoms with Crippen molar-refractivity contribution < 1.29 is 44.5 Å². The molecule has 27 heavy (non-hydrogen) atoms. The second-order valence-electron chi connectivity index (χ2n) is 6.20. The molecule has 1 aromatic rings. The summed E-state index contributed by atoms with van der Waals surface area (Å²) >= 11 is 0. The Hall–Kier alpha value is -2.01. The van der Waals surface area contributed by atoms with Gasteiger partial charge in [0.05, 0.1) is 18.8 Å². The number of ether oxygens (including phenoxy) is 3. The number of carbonyl (C=O) groups excluding carboxylic acids is 1. The van der Waals surface area contributed by atoms with Crippen molar-refractivity contribution in [2.75, 3.05) is 19.8 Å². The fraction of sp³-hybridized carbons (Fsp3) is 0.500. The standard InChI is InChI=1S/C18H24O9/c1-10(9-26-17(24)11-2-4-12(20)5-3-11)6-7-25-18-16(23)15(22)14(21)13(8-19)27-18/h2-6,13-16,18-23H,7-9H2,1H3/t13-,14-,15+,16-,18-/m1/s1. The summed E-state index contributed by atoms with van der Waals surface area (Å²) in [6.45, 7) is 1.18. The maximum atomic E-state index is 11.9. The van der Waals surface area contributed by atoms with Crippen LogP contribution in [0.2, 0.25) is 0 Å². The van der Waals surface area contributed by atoms with Gasteiger partial charge in [-0.2, -0.15) is 0 Å². The van der Waals surface area contributed by atoms with Crippen molar-refractivity contribution in [2.45, 2.75) is 37.6 Å². The molecule has 1 aromatic carbocycles. The SMILES string of the molecule is CC(=CCO[C@@H]1O[C@H](CO)[C@@H](O)[C@H](O)[C@H]1O)COC(=O)c1ccc(O)cc1. The van der Waals surface area contributed by atoms with Crippen molar-refractivity contribution in [1.82, 2.24) is 0 Å². The average Bonchev–Trinajstić information content (AvgIpc) is 2.66. The van der Waals surface area contributed by atoms with E-state index >= 15 is 0 Å². The van der Waals surface area contributed by atoms with Crippen LogP contribution in [0.1, 0.15) is 17.3 Å². The Morgan fingerprint density at radius 3 is 2.44 bits per heavy atom. The number of phenolic OH excluding ortho intramolecular Hbond substituents is 1. The molecule has 5 atom stereocenters. The van der Waals surface area contributed by atoms with Crippen LogP contribution >= 0.6 is 0 Å². The van der Waals surface area contributed by atoms with Gasteiger partial charge in [0.25, 0.3) is 0 Å². The zero-order valence-electron chi connectivity index (χ0n) is 14.8. The molecule has 0 spiro atoms. The number of phenols is 1. The quantitative estimate of drug-likeness (QED) is 0.304. The van der Waals surface area contributed by atoms with E-state index in [9.17, 15) is 25.2 Å². The number of rotatable bonds is 7. The molecule has 0 bridgehead atoms. The van der Waals surface area contributed by atoms with Crippen molar-refractivity contribution in [2.24, 2.45) is 0 Å². The predicted molar refractivity (Wildman–Crippen MR) is 91.9 cm³/mol. The molecule has 1 fully saturated rings. The zero-order chi connectivity index (χ0) is 20.0. The van der Waals surface area contributed by atoms with Crippen molar-refractivity contribution in [1.29, 1.82) is 0 Å². The Morgan fingerprint density at radius 2 is 1.81 bits per heavy atom. The largest absolute Gasteiger partial charge is 0.508 e.